The van der Waals surface area contributed by atoms with Gasteiger partial charge in [0.15, 0.2) is 0 Å². The van der Waals surface area contributed by atoms with Gasteiger partial charge in [-0.05, 0) is 34.5 Å². The summed E-state index contributed by atoms with van der Waals surface area (Å²) < 4.78 is 7.05. The van der Waals surface area contributed by atoms with Crippen LogP contribution in [0.4, 0.5) is 0 Å². The summed E-state index contributed by atoms with van der Waals surface area (Å²) in [6, 6.07) is 15.0. The number of nitrogens with one attached hydrogen (secondary N) is 1. The molecule has 0 amide bonds. The van der Waals surface area contributed by atoms with E-state index >= 15 is 0 Å². The highest BCUT2D eigenvalue weighted by Crippen LogP contribution is 2.30. The van der Waals surface area contributed by atoms with Gasteiger partial charge in [0.2, 0.25) is 0 Å². The van der Waals surface area contributed by atoms with Crippen molar-refractivity contribution in [2.75, 3.05) is 0 Å². The second kappa shape index (κ2) is 7.62. The van der Waals surface area contributed by atoms with Gasteiger partial charge in [-0.2, -0.15) is 0 Å². The molecule has 0 radical (unpaired) electrons. The molecule has 0 aliphatic heterocycles. The predicted octanol–water partition coefficient (Wildman–Crippen LogP) is 4.83. The van der Waals surface area contributed by atoms with Crippen LogP contribution in [0, 0.1) is 6.92 Å². The van der Waals surface area contributed by atoms with Crippen molar-refractivity contribution in [2.45, 2.75) is 40.0 Å². The Labute approximate surface area is 135 Å². The van der Waals surface area contributed by atoms with E-state index in [1.807, 2.05) is 12.1 Å². The van der Waals surface area contributed by atoms with E-state index in [4.69, 9.17) is 4.74 Å². The number of hydrogen-bond acceptors (Lipinski definition) is 2. The first-order valence-corrected chi connectivity index (χ1v) is 8.04. The zero-order valence-electron chi connectivity index (χ0n) is 12.8. The molecule has 2 aromatic rings. The van der Waals surface area contributed by atoms with Gasteiger partial charge in [-0.25, -0.2) is 0 Å². The van der Waals surface area contributed by atoms with Crippen molar-refractivity contribution < 1.29 is 4.74 Å². The molecule has 0 atom stereocenters. The Hall–Kier alpha value is -1.32. The molecule has 0 saturated heterocycles. The topological polar surface area (TPSA) is 21.3 Å². The van der Waals surface area contributed by atoms with Crippen molar-refractivity contribution >= 4 is 15.9 Å². The van der Waals surface area contributed by atoms with E-state index in [0.29, 0.717) is 12.6 Å². The summed E-state index contributed by atoms with van der Waals surface area (Å²) in [4.78, 5) is 0. The van der Waals surface area contributed by atoms with E-state index in [2.05, 4.69) is 72.3 Å². The van der Waals surface area contributed by atoms with E-state index in [0.717, 1.165) is 16.8 Å². The molecule has 0 aromatic heterocycles. The SMILES string of the molecule is Cc1cccc(COc2c(Br)cccc2CNC(C)C)c1. The number of benzene rings is 2. The largest absolute Gasteiger partial charge is 0.487 e. The van der Waals surface area contributed by atoms with Crippen molar-refractivity contribution in [2.24, 2.45) is 0 Å². The Morgan fingerprint density at radius 3 is 2.62 bits per heavy atom. The third-order valence-corrected chi connectivity index (χ3v) is 3.84. The van der Waals surface area contributed by atoms with Crippen LogP contribution >= 0.6 is 15.9 Å². The fourth-order valence-corrected chi connectivity index (χ4v) is 2.65. The molecule has 0 spiro atoms. The molecule has 0 heterocycles. The molecular formula is C18H22BrNO. The summed E-state index contributed by atoms with van der Waals surface area (Å²) in [5.74, 6) is 0.923. The van der Waals surface area contributed by atoms with E-state index < -0.39 is 0 Å². The number of aryl methyl sites for hydroxylation is 1. The predicted molar refractivity (Wildman–Crippen MR) is 91.6 cm³/mol. The smallest absolute Gasteiger partial charge is 0.138 e. The Morgan fingerprint density at radius 2 is 1.90 bits per heavy atom. The molecule has 21 heavy (non-hydrogen) atoms. The molecule has 1 N–H and O–H groups in total. The van der Waals surface area contributed by atoms with Crippen LogP contribution in [0.2, 0.25) is 0 Å². The van der Waals surface area contributed by atoms with Gasteiger partial charge in [0, 0.05) is 18.2 Å². The zero-order valence-corrected chi connectivity index (χ0v) is 14.4. The van der Waals surface area contributed by atoms with Gasteiger partial charge < -0.3 is 10.1 Å². The van der Waals surface area contributed by atoms with Crippen LogP contribution in [-0.4, -0.2) is 6.04 Å². The van der Waals surface area contributed by atoms with E-state index in [9.17, 15) is 0 Å². The molecule has 112 valence electrons. The van der Waals surface area contributed by atoms with Crippen molar-refractivity contribution in [3.8, 4) is 5.75 Å². The summed E-state index contributed by atoms with van der Waals surface area (Å²) >= 11 is 3.59. The molecular weight excluding hydrogens is 326 g/mol. The van der Waals surface area contributed by atoms with Crippen LogP contribution in [-0.2, 0) is 13.2 Å². The molecule has 0 saturated carbocycles. The van der Waals surface area contributed by atoms with Gasteiger partial charge in [0.25, 0.3) is 0 Å². The lowest BCUT2D eigenvalue weighted by molar-refractivity contribution is 0.299. The molecule has 2 aromatic carbocycles. The fraction of sp³-hybridized carbons (Fsp3) is 0.333. The van der Waals surface area contributed by atoms with Crippen LogP contribution in [0.3, 0.4) is 0 Å². The van der Waals surface area contributed by atoms with Gasteiger partial charge in [-0.1, -0.05) is 55.8 Å². The first-order valence-electron chi connectivity index (χ1n) is 7.25. The maximum atomic E-state index is 6.05. The summed E-state index contributed by atoms with van der Waals surface area (Å²) in [6.45, 7) is 7.77. The van der Waals surface area contributed by atoms with Gasteiger partial charge in [0.05, 0.1) is 4.47 Å². The van der Waals surface area contributed by atoms with E-state index in [-0.39, 0.29) is 0 Å². The van der Waals surface area contributed by atoms with Crippen molar-refractivity contribution in [1.29, 1.82) is 0 Å². The van der Waals surface area contributed by atoms with Crippen LogP contribution in [0.15, 0.2) is 46.9 Å². The minimum Gasteiger partial charge on any atom is -0.487 e. The second-order valence-electron chi connectivity index (χ2n) is 5.54. The average Bonchev–Trinajstić information content (AvgIpc) is 2.44. The molecule has 0 bridgehead atoms. The first kappa shape index (κ1) is 16.1. The van der Waals surface area contributed by atoms with E-state index in [1.54, 1.807) is 0 Å². The van der Waals surface area contributed by atoms with E-state index in [1.165, 1.54) is 16.7 Å². The van der Waals surface area contributed by atoms with Crippen LogP contribution in [0.1, 0.15) is 30.5 Å². The summed E-state index contributed by atoms with van der Waals surface area (Å²) in [5, 5.41) is 3.44. The Balaban J connectivity index is 2.11. The summed E-state index contributed by atoms with van der Waals surface area (Å²) in [5.41, 5.74) is 3.61. The number of halogens is 1. The van der Waals surface area contributed by atoms with Crippen LogP contribution in [0.5, 0.6) is 5.75 Å². The third kappa shape index (κ3) is 4.87. The molecule has 0 fully saturated rings. The minimum atomic E-state index is 0.452. The van der Waals surface area contributed by atoms with Crippen molar-refractivity contribution in [1.82, 2.24) is 5.32 Å². The molecule has 0 aliphatic carbocycles. The number of ether oxygens (including phenoxy) is 1. The lowest BCUT2D eigenvalue weighted by atomic mass is 10.1. The lowest BCUT2D eigenvalue weighted by Crippen LogP contribution is -2.22. The summed E-state index contributed by atoms with van der Waals surface area (Å²) in [7, 11) is 0. The zero-order chi connectivity index (χ0) is 15.2. The summed E-state index contributed by atoms with van der Waals surface area (Å²) in [6.07, 6.45) is 0. The molecule has 3 heteroatoms. The standard InChI is InChI=1S/C18H22BrNO/c1-13(2)20-11-16-8-5-9-17(19)18(16)21-12-15-7-4-6-14(3)10-15/h4-10,13,20H,11-12H2,1-3H3. The first-order chi connectivity index (χ1) is 10.1. The Bertz CT molecular complexity index is 596. The average molecular weight is 348 g/mol. The highest BCUT2D eigenvalue weighted by atomic mass is 79.9. The van der Waals surface area contributed by atoms with Gasteiger partial charge >= 0.3 is 0 Å². The van der Waals surface area contributed by atoms with Crippen molar-refractivity contribution in [3.05, 3.63) is 63.6 Å². The highest BCUT2D eigenvalue weighted by Gasteiger charge is 2.09. The second-order valence-corrected chi connectivity index (χ2v) is 6.40. The molecule has 2 nitrogen and oxygen atoms in total. The maximum Gasteiger partial charge on any atom is 0.138 e. The Morgan fingerprint density at radius 1 is 1.14 bits per heavy atom. The van der Waals surface area contributed by atoms with Crippen LogP contribution < -0.4 is 10.1 Å². The molecule has 0 unspecified atom stereocenters. The minimum absolute atomic E-state index is 0.452. The number of rotatable bonds is 6. The fourth-order valence-electron chi connectivity index (χ4n) is 2.13. The van der Waals surface area contributed by atoms with Crippen molar-refractivity contribution in [3.63, 3.8) is 0 Å². The Kier molecular flexibility index (Phi) is 5.83. The van der Waals surface area contributed by atoms with Gasteiger partial charge in [-0.15, -0.1) is 0 Å². The molecule has 2 rings (SSSR count). The highest BCUT2D eigenvalue weighted by molar-refractivity contribution is 9.10. The quantitative estimate of drug-likeness (QED) is 0.807. The maximum absolute atomic E-state index is 6.05. The number of para-hydroxylation sites is 1. The van der Waals surface area contributed by atoms with Gasteiger partial charge in [0.1, 0.15) is 12.4 Å². The van der Waals surface area contributed by atoms with Crippen LogP contribution in [0.25, 0.3) is 0 Å². The molecule has 0 aliphatic rings. The van der Waals surface area contributed by atoms with Gasteiger partial charge in [-0.3, -0.25) is 0 Å². The third-order valence-electron chi connectivity index (χ3n) is 3.21. The number of hydrogen-bond donors (Lipinski definition) is 1. The normalized spacial score (nSPS) is 10.9. The lowest BCUT2D eigenvalue weighted by Gasteiger charge is -2.15. The monoisotopic (exact) mass is 347 g/mol.